The maximum absolute atomic E-state index is 14.1. The van der Waals surface area contributed by atoms with Gasteiger partial charge in [-0.3, -0.25) is 0 Å². The molecule has 0 bridgehead atoms. The van der Waals surface area contributed by atoms with Gasteiger partial charge in [0.05, 0.1) is 0 Å². The maximum Gasteiger partial charge on any atom is 0.128 e. The number of hydrogen-bond donors (Lipinski definition) is 1. The van der Waals surface area contributed by atoms with E-state index in [4.69, 9.17) is 0 Å². The van der Waals surface area contributed by atoms with Gasteiger partial charge < -0.3 is 5.32 Å². The summed E-state index contributed by atoms with van der Waals surface area (Å²) in [5, 5.41) is 3.15. The van der Waals surface area contributed by atoms with Crippen LogP contribution in [0.1, 0.15) is 23.6 Å². The Bertz CT molecular complexity index is 575. The molecule has 0 aromatic heterocycles. The van der Waals surface area contributed by atoms with Crippen LogP contribution in [0.15, 0.2) is 36.4 Å². The lowest BCUT2D eigenvalue weighted by Crippen LogP contribution is -2.12. The summed E-state index contributed by atoms with van der Waals surface area (Å²) in [5.41, 5.74) is 5.13. The molecule has 0 aliphatic carbocycles. The fraction of sp³-hybridized carbons (Fsp3) is 0.294. The third kappa shape index (κ3) is 3.21. The van der Waals surface area contributed by atoms with Crippen LogP contribution in [0.2, 0.25) is 0 Å². The zero-order chi connectivity index (χ0) is 13.8. The van der Waals surface area contributed by atoms with Crippen molar-refractivity contribution in [2.45, 2.75) is 27.3 Å². The molecule has 0 amide bonds. The lowest BCUT2D eigenvalue weighted by Gasteiger charge is -2.10. The van der Waals surface area contributed by atoms with Crippen molar-refractivity contribution in [1.29, 1.82) is 0 Å². The van der Waals surface area contributed by atoms with E-state index in [9.17, 15) is 4.39 Å². The smallest absolute Gasteiger partial charge is 0.128 e. The first-order valence-electron chi connectivity index (χ1n) is 6.68. The standard InChI is InChI=1S/C17H20FN/c1-4-19-11-15-8-7-14(10-17(15)18)16-9-12(2)5-6-13(16)3/h5-10,19H,4,11H2,1-3H3. The normalized spacial score (nSPS) is 10.7. The molecule has 0 heterocycles. The highest BCUT2D eigenvalue weighted by Crippen LogP contribution is 2.26. The molecular formula is C17H20FN. The first kappa shape index (κ1) is 13.8. The van der Waals surface area contributed by atoms with Crippen molar-refractivity contribution in [2.75, 3.05) is 6.54 Å². The molecule has 1 N–H and O–H groups in total. The van der Waals surface area contributed by atoms with Gasteiger partial charge in [0, 0.05) is 12.1 Å². The van der Waals surface area contributed by atoms with Crippen molar-refractivity contribution < 1.29 is 4.39 Å². The second kappa shape index (κ2) is 5.98. The van der Waals surface area contributed by atoms with Crippen molar-refractivity contribution in [2.24, 2.45) is 0 Å². The number of rotatable bonds is 4. The fourth-order valence-corrected chi connectivity index (χ4v) is 2.16. The molecule has 1 nitrogen and oxygen atoms in total. The number of nitrogens with one attached hydrogen (secondary N) is 1. The summed E-state index contributed by atoms with van der Waals surface area (Å²) in [7, 11) is 0. The molecular weight excluding hydrogens is 237 g/mol. The topological polar surface area (TPSA) is 12.0 Å². The number of hydrogen-bond acceptors (Lipinski definition) is 1. The van der Waals surface area contributed by atoms with Crippen molar-refractivity contribution in [3.8, 4) is 11.1 Å². The first-order valence-corrected chi connectivity index (χ1v) is 6.68. The molecule has 0 fully saturated rings. The molecule has 2 rings (SSSR count). The molecule has 2 aromatic rings. The number of halogens is 1. The highest BCUT2D eigenvalue weighted by atomic mass is 19.1. The minimum Gasteiger partial charge on any atom is -0.313 e. The van der Waals surface area contributed by atoms with Crippen LogP contribution in [-0.4, -0.2) is 6.54 Å². The van der Waals surface area contributed by atoms with Crippen molar-refractivity contribution in [1.82, 2.24) is 5.32 Å². The highest BCUT2D eigenvalue weighted by molar-refractivity contribution is 5.68. The SMILES string of the molecule is CCNCc1ccc(-c2cc(C)ccc2C)cc1F. The molecule has 2 heteroatoms. The van der Waals surface area contributed by atoms with Crippen LogP contribution < -0.4 is 5.32 Å². The van der Waals surface area contributed by atoms with Crippen molar-refractivity contribution in [3.05, 3.63) is 58.9 Å². The Hall–Kier alpha value is -1.67. The van der Waals surface area contributed by atoms with Crippen molar-refractivity contribution in [3.63, 3.8) is 0 Å². The quantitative estimate of drug-likeness (QED) is 0.864. The Balaban J connectivity index is 2.36. The predicted molar refractivity (Wildman–Crippen MR) is 78.7 cm³/mol. The molecule has 0 aliphatic rings. The zero-order valence-electron chi connectivity index (χ0n) is 11.8. The molecule has 0 atom stereocenters. The molecule has 2 aromatic carbocycles. The summed E-state index contributed by atoms with van der Waals surface area (Å²) in [6.07, 6.45) is 0. The fourth-order valence-electron chi connectivity index (χ4n) is 2.16. The summed E-state index contributed by atoms with van der Waals surface area (Å²) in [4.78, 5) is 0. The lowest BCUT2D eigenvalue weighted by molar-refractivity contribution is 0.594. The van der Waals surface area contributed by atoms with Crippen LogP contribution in [0, 0.1) is 19.7 Å². The second-order valence-corrected chi connectivity index (χ2v) is 4.90. The van der Waals surface area contributed by atoms with E-state index in [0.29, 0.717) is 6.54 Å². The summed E-state index contributed by atoms with van der Waals surface area (Å²) in [6, 6.07) is 11.8. The van der Waals surface area contributed by atoms with Crippen LogP contribution in [0.5, 0.6) is 0 Å². The van der Waals surface area contributed by atoms with Crippen LogP contribution >= 0.6 is 0 Å². The van der Waals surface area contributed by atoms with Gasteiger partial charge >= 0.3 is 0 Å². The van der Waals surface area contributed by atoms with Crippen molar-refractivity contribution >= 4 is 0 Å². The average Bonchev–Trinajstić information content (AvgIpc) is 2.40. The molecule has 0 aliphatic heterocycles. The molecule has 0 unspecified atom stereocenters. The minimum absolute atomic E-state index is 0.139. The summed E-state index contributed by atoms with van der Waals surface area (Å²) in [5.74, 6) is -0.139. The van der Waals surface area contributed by atoms with E-state index in [1.165, 1.54) is 11.1 Å². The molecule has 0 spiro atoms. The van der Waals surface area contributed by atoms with Gasteiger partial charge in [-0.05, 0) is 43.1 Å². The van der Waals surface area contributed by atoms with Gasteiger partial charge in [-0.25, -0.2) is 4.39 Å². The Labute approximate surface area is 114 Å². The Morgan fingerprint density at radius 1 is 1.05 bits per heavy atom. The zero-order valence-corrected chi connectivity index (χ0v) is 11.8. The minimum atomic E-state index is -0.139. The summed E-state index contributed by atoms with van der Waals surface area (Å²) in [6.45, 7) is 7.55. The van der Waals surface area contributed by atoms with Gasteiger partial charge in [-0.1, -0.05) is 42.8 Å². The molecule has 100 valence electrons. The average molecular weight is 257 g/mol. The van der Waals surface area contributed by atoms with E-state index in [1.807, 2.05) is 19.1 Å². The van der Waals surface area contributed by atoms with E-state index in [1.54, 1.807) is 6.07 Å². The summed E-state index contributed by atoms with van der Waals surface area (Å²) >= 11 is 0. The van der Waals surface area contributed by atoms with E-state index in [2.05, 4.69) is 37.4 Å². The largest absolute Gasteiger partial charge is 0.313 e. The van der Waals surface area contributed by atoms with Gasteiger partial charge in [0.15, 0.2) is 0 Å². The van der Waals surface area contributed by atoms with Crippen LogP contribution in [-0.2, 0) is 6.54 Å². The third-order valence-corrected chi connectivity index (χ3v) is 3.32. The Morgan fingerprint density at radius 3 is 2.53 bits per heavy atom. The van der Waals surface area contributed by atoms with E-state index >= 15 is 0 Å². The monoisotopic (exact) mass is 257 g/mol. The van der Waals surface area contributed by atoms with E-state index in [0.717, 1.165) is 23.2 Å². The van der Waals surface area contributed by atoms with Crippen LogP contribution in [0.4, 0.5) is 4.39 Å². The molecule has 0 saturated carbocycles. The molecule has 0 saturated heterocycles. The number of benzene rings is 2. The summed E-state index contributed by atoms with van der Waals surface area (Å²) < 4.78 is 14.1. The lowest BCUT2D eigenvalue weighted by atomic mass is 9.97. The van der Waals surface area contributed by atoms with Gasteiger partial charge in [0.1, 0.15) is 5.82 Å². The molecule has 0 radical (unpaired) electrons. The number of aryl methyl sites for hydroxylation is 2. The first-order chi connectivity index (χ1) is 9.11. The highest BCUT2D eigenvalue weighted by Gasteiger charge is 2.07. The van der Waals surface area contributed by atoms with Gasteiger partial charge in [0.25, 0.3) is 0 Å². The third-order valence-electron chi connectivity index (χ3n) is 3.32. The van der Waals surface area contributed by atoms with Crippen LogP contribution in [0.25, 0.3) is 11.1 Å². The maximum atomic E-state index is 14.1. The second-order valence-electron chi connectivity index (χ2n) is 4.90. The van der Waals surface area contributed by atoms with Crippen LogP contribution in [0.3, 0.4) is 0 Å². The van der Waals surface area contributed by atoms with Gasteiger partial charge in [0.2, 0.25) is 0 Å². The van der Waals surface area contributed by atoms with Gasteiger partial charge in [-0.15, -0.1) is 0 Å². The Morgan fingerprint density at radius 2 is 1.84 bits per heavy atom. The van der Waals surface area contributed by atoms with E-state index < -0.39 is 0 Å². The predicted octanol–water partition coefficient (Wildman–Crippen LogP) is 4.22. The van der Waals surface area contributed by atoms with Gasteiger partial charge in [-0.2, -0.15) is 0 Å². The Kier molecular flexibility index (Phi) is 4.33. The van der Waals surface area contributed by atoms with E-state index in [-0.39, 0.29) is 5.82 Å². The molecule has 19 heavy (non-hydrogen) atoms.